The largest absolute Gasteiger partial charge is 0.505 e. The molecule has 2 nitrogen and oxygen atoms in total. The van der Waals surface area contributed by atoms with Crippen LogP contribution in [0.25, 0.3) is 0 Å². The highest BCUT2D eigenvalue weighted by Crippen LogP contribution is 2.37. The van der Waals surface area contributed by atoms with Gasteiger partial charge < -0.3 is 10.8 Å². The smallest absolute Gasteiger partial charge is 0.168 e. The Morgan fingerprint density at radius 2 is 1.89 bits per heavy atom. The fraction of sp³-hybridized carbons (Fsp3) is 0.571. The number of benzene rings is 1. The Labute approximate surface area is 114 Å². The van der Waals surface area contributed by atoms with Crippen molar-refractivity contribution >= 4 is 12.4 Å². The molecule has 0 heterocycles. The third-order valence-corrected chi connectivity index (χ3v) is 3.86. The van der Waals surface area contributed by atoms with E-state index in [0.29, 0.717) is 17.0 Å². The van der Waals surface area contributed by atoms with Gasteiger partial charge in [-0.25, -0.2) is 4.39 Å². The van der Waals surface area contributed by atoms with E-state index in [4.69, 9.17) is 5.73 Å². The Kier molecular flexibility index (Phi) is 5.42. The number of hydrogen-bond acceptors (Lipinski definition) is 2. The number of nitrogens with two attached hydrogens (primary N) is 1. The minimum Gasteiger partial charge on any atom is -0.505 e. The first-order chi connectivity index (χ1) is 8.11. The van der Waals surface area contributed by atoms with Crippen molar-refractivity contribution in [3.05, 3.63) is 29.1 Å². The maximum Gasteiger partial charge on any atom is 0.168 e. The lowest BCUT2D eigenvalue weighted by atomic mass is 9.81. The van der Waals surface area contributed by atoms with Crippen LogP contribution in [0.1, 0.15) is 49.3 Å². The number of hydrogen-bond donors (Lipinski definition) is 2. The molecule has 102 valence electrons. The van der Waals surface area contributed by atoms with E-state index in [1.54, 1.807) is 19.1 Å². The third kappa shape index (κ3) is 2.96. The lowest BCUT2D eigenvalue weighted by molar-refractivity contribution is 0.300. The molecule has 4 heteroatoms. The monoisotopic (exact) mass is 273 g/mol. The number of phenolic OH excluding ortho intramolecular Hbond substituents is 1. The minimum atomic E-state index is -0.534. The van der Waals surface area contributed by atoms with Crippen molar-refractivity contribution in [1.82, 2.24) is 0 Å². The Balaban J connectivity index is 0.00000162. The van der Waals surface area contributed by atoms with Gasteiger partial charge in [-0.3, -0.25) is 0 Å². The first-order valence-electron chi connectivity index (χ1n) is 6.35. The third-order valence-electron chi connectivity index (χ3n) is 3.86. The summed E-state index contributed by atoms with van der Waals surface area (Å²) >= 11 is 0. The molecule has 1 aromatic rings. The van der Waals surface area contributed by atoms with Crippen LogP contribution >= 0.6 is 12.4 Å². The van der Waals surface area contributed by atoms with Gasteiger partial charge in [0.25, 0.3) is 0 Å². The molecule has 2 rings (SSSR count). The van der Waals surface area contributed by atoms with Crippen molar-refractivity contribution in [3.8, 4) is 5.75 Å². The van der Waals surface area contributed by atoms with Gasteiger partial charge in [0.2, 0.25) is 0 Å². The molecule has 0 unspecified atom stereocenters. The Morgan fingerprint density at radius 3 is 2.50 bits per heavy atom. The van der Waals surface area contributed by atoms with Crippen molar-refractivity contribution in [2.75, 3.05) is 0 Å². The number of phenols is 1. The SMILES string of the molecule is Cc1ccc([C@@H](N)C2CCCCC2)c(O)c1F.Cl. The summed E-state index contributed by atoms with van der Waals surface area (Å²) < 4.78 is 13.6. The quantitative estimate of drug-likeness (QED) is 0.860. The number of rotatable bonds is 2. The molecule has 0 amide bonds. The number of halogens is 2. The topological polar surface area (TPSA) is 46.2 Å². The molecule has 0 bridgehead atoms. The van der Waals surface area contributed by atoms with Crippen LogP contribution in [-0.2, 0) is 0 Å². The zero-order chi connectivity index (χ0) is 12.4. The van der Waals surface area contributed by atoms with E-state index >= 15 is 0 Å². The van der Waals surface area contributed by atoms with Gasteiger partial charge in [0.15, 0.2) is 11.6 Å². The summed E-state index contributed by atoms with van der Waals surface area (Å²) in [5.74, 6) is -0.423. The summed E-state index contributed by atoms with van der Waals surface area (Å²) in [6.45, 7) is 1.64. The molecule has 0 saturated heterocycles. The molecule has 0 radical (unpaired) electrons. The summed E-state index contributed by atoms with van der Waals surface area (Å²) in [7, 11) is 0. The van der Waals surface area contributed by atoms with Crippen LogP contribution < -0.4 is 5.73 Å². The lowest BCUT2D eigenvalue weighted by Gasteiger charge is -2.28. The molecule has 1 aliphatic rings. The van der Waals surface area contributed by atoms with E-state index < -0.39 is 5.82 Å². The molecule has 0 aromatic heterocycles. The van der Waals surface area contributed by atoms with Crippen LogP contribution in [0.5, 0.6) is 5.75 Å². The fourth-order valence-corrected chi connectivity index (χ4v) is 2.70. The first kappa shape index (κ1) is 15.3. The maximum atomic E-state index is 13.6. The molecule has 0 spiro atoms. The van der Waals surface area contributed by atoms with Gasteiger partial charge in [0, 0.05) is 11.6 Å². The van der Waals surface area contributed by atoms with Crippen molar-refractivity contribution in [2.24, 2.45) is 11.7 Å². The average molecular weight is 274 g/mol. The molecule has 1 aliphatic carbocycles. The van der Waals surface area contributed by atoms with E-state index in [2.05, 4.69) is 0 Å². The van der Waals surface area contributed by atoms with Gasteiger partial charge in [-0.05, 0) is 31.2 Å². The molecule has 1 fully saturated rings. The van der Waals surface area contributed by atoms with Gasteiger partial charge in [0.1, 0.15) is 0 Å². The van der Waals surface area contributed by atoms with Crippen molar-refractivity contribution in [1.29, 1.82) is 0 Å². The summed E-state index contributed by atoms with van der Waals surface area (Å²) in [6.07, 6.45) is 5.80. The van der Waals surface area contributed by atoms with Crippen molar-refractivity contribution in [2.45, 2.75) is 45.1 Å². The van der Waals surface area contributed by atoms with Gasteiger partial charge >= 0.3 is 0 Å². The second kappa shape index (κ2) is 6.39. The molecule has 18 heavy (non-hydrogen) atoms. The Morgan fingerprint density at radius 1 is 1.28 bits per heavy atom. The van der Waals surface area contributed by atoms with E-state index in [9.17, 15) is 9.50 Å². The number of aryl methyl sites for hydroxylation is 1. The highest BCUT2D eigenvalue weighted by molar-refractivity contribution is 5.85. The van der Waals surface area contributed by atoms with Crippen LogP contribution in [0.3, 0.4) is 0 Å². The van der Waals surface area contributed by atoms with Crippen molar-refractivity contribution < 1.29 is 9.50 Å². The molecule has 1 aromatic carbocycles. The molecule has 0 aliphatic heterocycles. The molecule has 3 N–H and O–H groups in total. The predicted octanol–water partition coefficient (Wildman–Crippen LogP) is 3.84. The van der Waals surface area contributed by atoms with E-state index in [0.717, 1.165) is 12.8 Å². The minimum absolute atomic E-state index is 0. The summed E-state index contributed by atoms with van der Waals surface area (Å²) in [5.41, 5.74) is 7.18. The summed E-state index contributed by atoms with van der Waals surface area (Å²) in [6, 6.07) is 3.20. The lowest BCUT2D eigenvalue weighted by Crippen LogP contribution is -2.23. The van der Waals surface area contributed by atoms with Gasteiger partial charge in [-0.2, -0.15) is 0 Å². The Hall–Kier alpha value is -0.800. The second-order valence-electron chi connectivity index (χ2n) is 5.06. The Bertz CT molecular complexity index is 405. The molecular weight excluding hydrogens is 253 g/mol. The average Bonchev–Trinajstić information content (AvgIpc) is 2.36. The first-order valence-corrected chi connectivity index (χ1v) is 6.35. The van der Waals surface area contributed by atoms with Crippen LogP contribution in [0, 0.1) is 18.7 Å². The highest BCUT2D eigenvalue weighted by Gasteiger charge is 2.25. The number of aromatic hydroxyl groups is 1. The molecular formula is C14H21ClFNO. The van der Waals surface area contributed by atoms with Crippen LogP contribution in [0.2, 0.25) is 0 Å². The van der Waals surface area contributed by atoms with Crippen LogP contribution in [0.15, 0.2) is 12.1 Å². The van der Waals surface area contributed by atoms with Gasteiger partial charge in [0.05, 0.1) is 0 Å². The zero-order valence-corrected chi connectivity index (χ0v) is 11.5. The van der Waals surface area contributed by atoms with Gasteiger partial charge in [-0.15, -0.1) is 12.4 Å². The summed E-state index contributed by atoms with van der Waals surface area (Å²) in [4.78, 5) is 0. The molecule has 1 atom stereocenters. The maximum absolute atomic E-state index is 13.6. The standard InChI is InChI=1S/C14H20FNO.ClH/c1-9-7-8-11(14(17)12(9)15)13(16)10-5-3-2-4-6-10;/h7-8,10,13,17H,2-6,16H2,1H3;1H/t13-;/m0./s1. The van der Waals surface area contributed by atoms with E-state index in [1.807, 2.05) is 0 Å². The normalized spacial score (nSPS) is 18.2. The predicted molar refractivity (Wildman–Crippen MR) is 73.6 cm³/mol. The zero-order valence-electron chi connectivity index (χ0n) is 10.7. The van der Waals surface area contributed by atoms with Crippen LogP contribution in [-0.4, -0.2) is 5.11 Å². The molecule has 1 saturated carbocycles. The van der Waals surface area contributed by atoms with Crippen LogP contribution in [0.4, 0.5) is 4.39 Å². The fourth-order valence-electron chi connectivity index (χ4n) is 2.70. The van der Waals surface area contributed by atoms with Crippen molar-refractivity contribution in [3.63, 3.8) is 0 Å². The highest BCUT2D eigenvalue weighted by atomic mass is 35.5. The summed E-state index contributed by atoms with van der Waals surface area (Å²) in [5, 5.41) is 9.82. The second-order valence-corrected chi connectivity index (χ2v) is 5.06. The van der Waals surface area contributed by atoms with E-state index in [-0.39, 0.29) is 24.2 Å². The van der Waals surface area contributed by atoms with Gasteiger partial charge in [-0.1, -0.05) is 31.4 Å². The van der Waals surface area contributed by atoms with E-state index in [1.165, 1.54) is 19.3 Å².